The van der Waals surface area contributed by atoms with E-state index in [1.54, 1.807) is 12.1 Å². The SMILES string of the molecule is CCc1ccc(C(NC(=O)c2ccc(Cl)o2)C(C)C)cc1. The maximum absolute atomic E-state index is 12.2. The van der Waals surface area contributed by atoms with Crippen molar-refractivity contribution < 1.29 is 9.21 Å². The van der Waals surface area contributed by atoms with E-state index in [1.807, 2.05) is 0 Å². The summed E-state index contributed by atoms with van der Waals surface area (Å²) >= 11 is 5.71. The van der Waals surface area contributed by atoms with Crippen molar-refractivity contribution in [1.29, 1.82) is 0 Å². The fourth-order valence-corrected chi connectivity index (χ4v) is 2.39. The van der Waals surface area contributed by atoms with Gasteiger partial charge in [-0.2, -0.15) is 0 Å². The van der Waals surface area contributed by atoms with Crippen molar-refractivity contribution in [1.82, 2.24) is 5.32 Å². The molecular weight excluding hydrogens is 286 g/mol. The summed E-state index contributed by atoms with van der Waals surface area (Å²) in [6, 6.07) is 11.4. The van der Waals surface area contributed by atoms with E-state index in [-0.39, 0.29) is 28.8 Å². The minimum Gasteiger partial charge on any atom is -0.440 e. The van der Waals surface area contributed by atoms with Gasteiger partial charge in [0.1, 0.15) is 0 Å². The molecule has 1 atom stereocenters. The van der Waals surface area contributed by atoms with Crippen molar-refractivity contribution in [2.75, 3.05) is 0 Å². The van der Waals surface area contributed by atoms with Gasteiger partial charge in [0, 0.05) is 0 Å². The van der Waals surface area contributed by atoms with E-state index in [0.29, 0.717) is 0 Å². The van der Waals surface area contributed by atoms with E-state index in [4.69, 9.17) is 16.0 Å². The number of halogens is 1. The van der Waals surface area contributed by atoms with Crippen molar-refractivity contribution in [2.24, 2.45) is 5.92 Å². The molecular formula is C17H20ClNO2. The largest absolute Gasteiger partial charge is 0.440 e. The first-order valence-electron chi connectivity index (χ1n) is 7.16. The quantitative estimate of drug-likeness (QED) is 0.875. The molecule has 0 spiro atoms. The molecule has 0 aliphatic carbocycles. The number of benzene rings is 1. The fourth-order valence-electron chi connectivity index (χ4n) is 2.24. The summed E-state index contributed by atoms with van der Waals surface area (Å²) < 4.78 is 5.15. The molecule has 0 aliphatic heterocycles. The molecule has 4 heteroatoms. The molecule has 1 unspecified atom stereocenters. The van der Waals surface area contributed by atoms with Crippen LogP contribution in [-0.4, -0.2) is 5.91 Å². The van der Waals surface area contributed by atoms with Crippen molar-refractivity contribution >= 4 is 17.5 Å². The lowest BCUT2D eigenvalue weighted by Crippen LogP contribution is -2.31. The molecule has 1 aromatic heterocycles. The number of carbonyl (C=O) groups excluding carboxylic acids is 1. The van der Waals surface area contributed by atoms with E-state index < -0.39 is 0 Å². The van der Waals surface area contributed by atoms with Crippen molar-refractivity contribution in [2.45, 2.75) is 33.2 Å². The minimum absolute atomic E-state index is 0.0627. The Morgan fingerprint density at radius 1 is 1.19 bits per heavy atom. The smallest absolute Gasteiger partial charge is 0.287 e. The predicted octanol–water partition coefficient (Wildman–Crippen LogP) is 4.62. The van der Waals surface area contributed by atoms with E-state index in [9.17, 15) is 4.79 Å². The topological polar surface area (TPSA) is 42.2 Å². The maximum Gasteiger partial charge on any atom is 0.287 e. The van der Waals surface area contributed by atoms with Crippen LogP contribution in [0.5, 0.6) is 0 Å². The highest BCUT2D eigenvalue weighted by molar-refractivity contribution is 6.29. The Morgan fingerprint density at radius 3 is 2.33 bits per heavy atom. The molecule has 21 heavy (non-hydrogen) atoms. The second-order valence-corrected chi connectivity index (χ2v) is 5.77. The van der Waals surface area contributed by atoms with Crippen molar-refractivity contribution in [3.8, 4) is 0 Å². The third kappa shape index (κ3) is 3.88. The molecule has 1 aromatic carbocycles. The lowest BCUT2D eigenvalue weighted by Gasteiger charge is -2.22. The molecule has 1 amide bonds. The van der Waals surface area contributed by atoms with Gasteiger partial charge in [0.25, 0.3) is 5.91 Å². The van der Waals surface area contributed by atoms with Gasteiger partial charge < -0.3 is 9.73 Å². The van der Waals surface area contributed by atoms with E-state index >= 15 is 0 Å². The molecule has 0 fully saturated rings. The van der Waals surface area contributed by atoms with Crippen LogP contribution in [0.1, 0.15) is 48.5 Å². The Labute approximate surface area is 130 Å². The number of carbonyl (C=O) groups is 1. The molecule has 1 heterocycles. The minimum atomic E-state index is -0.250. The number of furan rings is 1. The van der Waals surface area contributed by atoms with Crippen LogP contribution in [0.2, 0.25) is 5.22 Å². The third-order valence-corrected chi connectivity index (χ3v) is 3.70. The van der Waals surface area contributed by atoms with Crippen molar-refractivity contribution in [3.63, 3.8) is 0 Å². The van der Waals surface area contributed by atoms with Crippen LogP contribution in [0.4, 0.5) is 0 Å². The zero-order valence-electron chi connectivity index (χ0n) is 12.5. The highest BCUT2D eigenvalue weighted by Gasteiger charge is 2.20. The average molecular weight is 306 g/mol. The summed E-state index contributed by atoms with van der Waals surface area (Å²) in [5, 5.41) is 3.22. The second kappa shape index (κ2) is 6.81. The summed E-state index contributed by atoms with van der Waals surface area (Å²) in [5.74, 6) is 0.253. The molecule has 2 rings (SSSR count). The number of aryl methyl sites for hydroxylation is 1. The Morgan fingerprint density at radius 2 is 1.86 bits per heavy atom. The first kappa shape index (κ1) is 15.6. The number of amides is 1. The first-order valence-corrected chi connectivity index (χ1v) is 7.54. The second-order valence-electron chi connectivity index (χ2n) is 5.39. The summed E-state index contributed by atoms with van der Waals surface area (Å²) in [7, 11) is 0. The highest BCUT2D eigenvalue weighted by atomic mass is 35.5. The van der Waals surface area contributed by atoms with Crippen LogP contribution in [0.15, 0.2) is 40.8 Å². The van der Waals surface area contributed by atoms with Gasteiger partial charge in [-0.3, -0.25) is 4.79 Å². The lowest BCUT2D eigenvalue weighted by molar-refractivity contribution is 0.0897. The molecule has 0 bridgehead atoms. The summed E-state index contributed by atoms with van der Waals surface area (Å²) in [4.78, 5) is 12.2. The molecule has 3 nitrogen and oxygen atoms in total. The normalized spacial score (nSPS) is 12.4. The number of hydrogen-bond acceptors (Lipinski definition) is 2. The van der Waals surface area contributed by atoms with Crippen molar-refractivity contribution in [3.05, 3.63) is 58.5 Å². The number of hydrogen-bond donors (Lipinski definition) is 1. The van der Waals surface area contributed by atoms with E-state index in [2.05, 4.69) is 50.4 Å². The maximum atomic E-state index is 12.2. The van der Waals surface area contributed by atoms with Crippen LogP contribution in [-0.2, 0) is 6.42 Å². The van der Waals surface area contributed by atoms with Crippen LogP contribution >= 0.6 is 11.6 Å². The van der Waals surface area contributed by atoms with Gasteiger partial charge in [0.05, 0.1) is 6.04 Å². The van der Waals surface area contributed by atoms with Crippen LogP contribution in [0, 0.1) is 5.92 Å². The Kier molecular flexibility index (Phi) is 5.07. The Balaban J connectivity index is 2.16. The highest BCUT2D eigenvalue weighted by Crippen LogP contribution is 2.23. The molecule has 2 aromatic rings. The van der Waals surface area contributed by atoms with Crippen LogP contribution in [0.25, 0.3) is 0 Å². The molecule has 112 valence electrons. The molecule has 0 saturated heterocycles. The van der Waals surface area contributed by atoms with Gasteiger partial charge >= 0.3 is 0 Å². The van der Waals surface area contributed by atoms with Crippen LogP contribution < -0.4 is 5.32 Å². The molecule has 0 saturated carbocycles. The molecule has 0 aliphatic rings. The Bertz CT molecular complexity index is 602. The zero-order chi connectivity index (χ0) is 15.4. The molecule has 0 radical (unpaired) electrons. The first-order chi connectivity index (χ1) is 10.0. The van der Waals surface area contributed by atoms with Crippen LogP contribution in [0.3, 0.4) is 0 Å². The van der Waals surface area contributed by atoms with Gasteiger partial charge in [0.2, 0.25) is 0 Å². The Hall–Kier alpha value is -1.74. The van der Waals surface area contributed by atoms with Gasteiger partial charge in [-0.05, 0) is 47.2 Å². The summed E-state index contributed by atoms with van der Waals surface area (Å²) in [5.41, 5.74) is 2.37. The zero-order valence-corrected chi connectivity index (χ0v) is 13.3. The van der Waals surface area contributed by atoms with E-state index in [0.717, 1.165) is 12.0 Å². The third-order valence-electron chi connectivity index (χ3n) is 3.50. The van der Waals surface area contributed by atoms with Gasteiger partial charge in [-0.15, -0.1) is 0 Å². The van der Waals surface area contributed by atoms with E-state index in [1.165, 1.54) is 5.56 Å². The fraction of sp³-hybridized carbons (Fsp3) is 0.353. The van der Waals surface area contributed by atoms with Gasteiger partial charge in [0.15, 0.2) is 11.0 Å². The predicted molar refractivity (Wildman–Crippen MR) is 84.6 cm³/mol. The summed E-state index contributed by atoms with van der Waals surface area (Å²) in [6.07, 6.45) is 1.00. The molecule has 1 N–H and O–H groups in total. The number of nitrogens with one attached hydrogen (secondary N) is 1. The van der Waals surface area contributed by atoms with Gasteiger partial charge in [-0.1, -0.05) is 45.0 Å². The number of rotatable bonds is 5. The average Bonchev–Trinajstić information content (AvgIpc) is 2.91. The lowest BCUT2D eigenvalue weighted by atomic mass is 9.95. The van der Waals surface area contributed by atoms with Gasteiger partial charge in [-0.25, -0.2) is 0 Å². The summed E-state index contributed by atoms with van der Waals surface area (Å²) in [6.45, 7) is 6.28. The monoisotopic (exact) mass is 305 g/mol. The standard InChI is InChI=1S/C17H20ClNO2/c1-4-12-5-7-13(8-6-12)16(11(2)3)19-17(20)14-9-10-15(18)21-14/h5-11,16H,4H2,1-3H3,(H,19,20).